The number of rotatable bonds is 4. The molecule has 0 N–H and O–H groups in total. The number of hydrogen-bond donors (Lipinski definition) is 0. The Kier molecular flexibility index (Phi) is 3.09. The van der Waals surface area contributed by atoms with Gasteiger partial charge in [-0.1, -0.05) is 48.0 Å². The third kappa shape index (κ3) is 1.78. The van der Waals surface area contributed by atoms with E-state index in [1.165, 1.54) is 12.8 Å². The highest BCUT2D eigenvalue weighted by molar-refractivity contribution is 5.07. The Balaban J connectivity index is 2.48. The van der Waals surface area contributed by atoms with Crippen molar-refractivity contribution >= 4 is 0 Å². The predicted octanol–water partition coefficient (Wildman–Crippen LogP) is 4.35. The fourth-order valence-electron chi connectivity index (χ4n) is 2.87. The second-order valence-electron chi connectivity index (χ2n) is 5.67. The van der Waals surface area contributed by atoms with Crippen LogP contribution in [-0.2, 0) is 0 Å². The summed E-state index contributed by atoms with van der Waals surface area (Å²) in [5, 5.41) is 0. The van der Waals surface area contributed by atoms with E-state index in [2.05, 4.69) is 41.5 Å². The molecule has 4 unspecified atom stereocenters. The molecule has 0 saturated heterocycles. The standard InChI is InChI=1S/C13H26/c1-7-10(4)8-12-11(5)13(12,6)9(2)3/h9-12H,7-8H2,1-6H3. The van der Waals surface area contributed by atoms with Crippen LogP contribution >= 0.6 is 0 Å². The van der Waals surface area contributed by atoms with Gasteiger partial charge in [0, 0.05) is 0 Å². The minimum atomic E-state index is 0.656. The van der Waals surface area contributed by atoms with Crippen molar-refractivity contribution < 1.29 is 0 Å². The Labute approximate surface area is 84.1 Å². The summed E-state index contributed by atoms with van der Waals surface area (Å²) in [6.45, 7) is 14.4. The largest absolute Gasteiger partial charge is 0.0651 e. The molecule has 0 radical (unpaired) electrons. The molecule has 1 aliphatic carbocycles. The zero-order valence-electron chi connectivity index (χ0n) is 10.2. The Morgan fingerprint density at radius 3 is 2.08 bits per heavy atom. The molecule has 1 aliphatic rings. The van der Waals surface area contributed by atoms with Gasteiger partial charge in [0.15, 0.2) is 0 Å². The molecule has 78 valence electrons. The van der Waals surface area contributed by atoms with Crippen LogP contribution in [0.15, 0.2) is 0 Å². The maximum atomic E-state index is 2.48. The summed E-state index contributed by atoms with van der Waals surface area (Å²) in [6, 6.07) is 0. The first-order valence-corrected chi connectivity index (χ1v) is 5.94. The summed E-state index contributed by atoms with van der Waals surface area (Å²) < 4.78 is 0. The van der Waals surface area contributed by atoms with Crippen LogP contribution < -0.4 is 0 Å². The first-order chi connectivity index (χ1) is 5.94. The van der Waals surface area contributed by atoms with Crippen molar-refractivity contribution in [2.24, 2.45) is 29.1 Å². The van der Waals surface area contributed by atoms with Gasteiger partial charge in [0.1, 0.15) is 0 Å². The van der Waals surface area contributed by atoms with Crippen LogP contribution in [0.5, 0.6) is 0 Å². The molecule has 0 heterocycles. The third-order valence-corrected chi connectivity index (χ3v) is 4.87. The summed E-state index contributed by atoms with van der Waals surface area (Å²) in [5.41, 5.74) is 0.656. The van der Waals surface area contributed by atoms with Crippen molar-refractivity contribution in [3.05, 3.63) is 0 Å². The Morgan fingerprint density at radius 1 is 1.23 bits per heavy atom. The van der Waals surface area contributed by atoms with Gasteiger partial charge < -0.3 is 0 Å². The Morgan fingerprint density at radius 2 is 1.77 bits per heavy atom. The fourth-order valence-corrected chi connectivity index (χ4v) is 2.87. The van der Waals surface area contributed by atoms with E-state index in [0.717, 1.165) is 23.7 Å². The first-order valence-electron chi connectivity index (χ1n) is 5.94. The molecule has 0 aromatic carbocycles. The molecule has 0 bridgehead atoms. The van der Waals surface area contributed by atoms with Crippen LogP contribution in [0, 0.1) is 29.1 Å². The molecule has 0 aliphatic heterocycles. The molecule has 0 aromatic heterocycles. The van der Waals surface area contributed by atoms with E-state index in [4.69, 9.17) is 0 Å². The van der Waals surface area contributed by atoms with E-state index >= 15 is 0 Å². The Bertz CT molecular complexity index is 171. The quantitative estimate of drug-likeness (QED) is 0.606. The molecule has 0 heteroatoms. The van der Waals surface area contributed by atoms with E-state index in [1.807, 2.05) is 0 Å². The van der Waals surface area contributed by atoms with Gasteiger partial charge in [0.25, 0.3) is 0 Å². The first kappa shape index (κ1) is 11.1. The lowest BCUT2D eigenvalue weighted by Gasteiger charge is -2.17. The monoisotopic (exact) mass is 182 g/mol. The topological polar surface area (TPSA) is 0 Å². The van der Waals surface area contributed by atoms with Crippen LogP contribution in [0.2, 0.25) is 0 Å². The van der Waals surface area contributed by atoms with E-state index in [-0.39, 0.29) is 0 Å². The Hall–Kier alpha value is 0. The molecule has 0 aromatic rings. The second-order valence-corrected chi connectivity index (χ2v) is 5.67. The molecular weight excluding hydrogens is 156 g/mol. The SMILES string of the molecule is CCC(C)CC1C(C)C1(C)C(C)C. The smallest absolute Gasteiger partial charge is 0.0243 e. The van der Waals surface area contributed by atoms with E-state index in [9.17, 15) is 0 Å². The van der Waals surface area contributed by atoms with Crippen molar-refractivity contribution in [1.82, 2.24) is 0 Å². The van der Waals surface area contributed by atoms with Crippen LogP contribution in [0.4, 0.5) is 0 Å². The number of hydrogen-bond acceptors (Lipinski definition) is 0. The van der Waals surface area contributed by atoms with Gasteiger partial charge in [-0.05, 0) is 35.5 Å². The van der Waals surface area contributed by atoms with Crippen LogP contribution in [0.25, 0.3) is 0 Å². The highest BCUT2D eigenvalue weighted by Gasteiger charge is 2.59. The summed E-state index contributed by atoms with van der Waals surface area (Å²) in [4.78, 5) is 0. The highest BCUT2D eigenvalue weighted by atomic mass is 14.6. The fraction of sp³-hybridized carbons (Fsp3) is 1.00. The molecule has 4 atom stereocenters. The van der Waals surface area contributed by atoms with Crippen LogP contribution in [-0.4, -0.2) is 0 Å². The van der Waals surface area contributed by atoms with Crippen molar-refractivity contribution in [3.63, 3.8) is 0 Å². The van der Waals surface area contributed by atoms with Crippen molar-refractivity contribution in [3.8, 4) is 0 Å². The second kappa shape index (κ2) is 3.63. The summed E-state index contributed by atoms with van der Waals surface area (Å²) in [5.74, 6) is 3.74. The van der Waals surface area contributed by atoms with Gasteiger partial charge in [0.05, 0.1) is 0 Å². The molecule has 0 nitrogen and oxygen atoms in total. The predicted molar refractivity (Wildman–Crippen MR) is 59.7 cm³/mol. The maximum absolute atomic E-state index is 2.48. The van der Waals surface area contributed by atoms with Gasteiger partial charge in [-0.3, -0.25) is 0 Å². The lowest BCUT2D eigenvalue weighted by atomic mass is 9.88. The van der Waals surface area contributed by atoms with Gasteiger partial charge in [-0.15, -0.1) is 0 Å². The summed E-state index contributed by atoms with van der Waals surface area (Å²) in [7, 11) is 0. The zero-order chi connectivity index (χ0) is 10.2. The van der Waals surface area contributed by atoms with Gasteiger partial charge in [-0.2, -0.15) is 0 Å². The summed E-state index contributed by atoms with van der Waals surface area (Å²) in [6.07, 6.45) is 2.80. The average molecular weight is 182 g/mol. The molecule has 1 fully saturated rings. The molecule has 1 saturated carbocycles. The lowest BCUT2D eigenvalue weighted by Crippen LogP contribution is -2.09. The molecule has 0 spiro atoms. The van der Waals surface area contributed by atoms with E-state index in [1.54, 1.807) is 0 Å². The van der Waals surface area contributed by atoms with Crippen LogP contribution in [0.3, 0.4) is 0 Å². The highest BCUT2D eigenvalue weighted by Crippen LogP contribution is 2.65. The van der Waals surface area contributed by atoms with Crippen molar-refractivity contribution in [2.45, 2.75) is 54.4 Å². The minimum absolute atomic E-state index is 0.656. The average Bonchev–Trinajstić information content (AvgIpc) is 2.59. The minimum Gasteiger partial charge on any atom is -0.0651 e. The normalized spacial score (nSPS) is 40.8. The van der Waals surface area contributed by atoms with Gasteiger partial charge in [-0.25, -0.2) is 0 Å². The molecular formula is C13H26. The lowest BCUT2D eigenvalue weighted by molar-refractivity contribution is 0.319. The molecule has 0 amide bonds. The van der Waals surface area contributed by atoms with Crippen molar-refractivity contribution in [2.75, 3.05) is 0 Å². The summed E-state index contributed by atoms with van der Waals surface area (Å²) >= 11 is 0. The maximum Gasteiger partial charge on any atom is -0.0243 e. The molecule has 13 heavy (non-hydrogen) atoms. The third-order valence-electron chi connectivity index (χ3n) is 4.87. The van der Waals surface area contributed by atoms with Gasteiger partial charge in [0.2, 0.25) is 0 Å². The zero-order valence-corrected chi connectivity index (χ0v) is 10.2. The van der Waals surface area contributed by atoms with E-state index < -0.39 is 0 Å². The molecule has 1 rings (SSSR count). The van der Waals surface area contributed by atoms with E-state index in [0.29, 0.717) is 5.41 Å². The van der Waals surface area contributed by atoms with Crippen LogP contribution in [0.1, 0.15) is 54.4 Å². The van der Waals surface area contributed by atoms with Crippen molar-refractivity contribution in [1.29, 1.82) is 0 Å². The van der Waals surface area contributed by atoms with Gasteiger partial charge >= 0.3 is 0 Å².